The third kappa shape index (κ3) is 3.82. The summed E-state index contributed by atoms with van der Waals surface area (Å²) in [5.41, 5.74) is 0.807. The van der Waals surface area contributed by atoms with Gasteiger partial charge in [-0.15, -0.1) is 0 Å². The van der Waals surface area contributed by atoms with Gasteiger partial charge in [-0.25, -0.2) is 0 Å². The van der Waals surface area contributed by atoms with Crippen LogP contribution in [0.3, 0.4) is 0 Å². The molecule has 20 heavy (non-hydrogen) atoms. The molecule has 106 valence electrons. The third-order valence-corrected chi connectivity index (χ3v) is 3.92. The van der Waals surface area contributed by atoms with Crippen molar-refractivity contribution in [3.8, 4) is 5.75 Å². The van der Waals surface area contributed by atoms with E-state index in [0.717, 1.165) is 5.56 Å². The van der Waals surface area contributed by atoms with Crippen molar-refractivity contribution < 1.29 is 17.3 Å². The molecule has 0 aliphatic heterocycles. The fraction of sp³-hybridized carbons (Fsp3) is 0.200. The lowest BCUT2D eigenvalue weighted by Crippen LogP contribution is -2.06. The van der Waals surface area contributed by atoms with Crippen molar-refractivity contribution in [2.24, 2.45) is 0 Å². The van der Waals surface area contributed by atoms with Crippen molar-refractivity contribution in [1.29, 1.82) is 0 Å². The van der Waals surface area contributed by atoms with E-state index in [1.807, 2.05) is 37.3 Å². The van der Waals surface area contributed by atoms with E-state index < -0.39 is 10.1 Å². The first-order chi connectivity index (χ1) is 9.62. The normalized spacial score (nSPS) is 11.2. The fourth-order valence-electron chi connectivity index (χ4n) is 1.66. The van der Waals surface area contributed by atoms with Gasteiger partial charge in [-0.05, 0) is 36.8 Å². The van der Waals surface area contributed by atoms with Crippen LogP contribution in [0.1, 0.15) is 12.5 Å². The van der Waals surface area contributed by atoms with Crippen LogP contribution in [-0.2, 0) is 20.9 Å². The minimum atomic E-state index is -3.75. The van der Waals surface area contributed by atoms with Crippen LogP contribution in [0.15, 0.2) is 59.5 Å². The zero-order valence-electron chi connectivity index (χ0n) is 11.2. The van der Waals surface area contributed by atoms with Crippen LogP contribution in [0.4, 0.5) is 0 Å². The lowest BCUT2D eigenvalue weighted by Gasteiger charge is -2.07. The lowest BCUT2D eigenvalue weighted by molar-refractivity contribution is 0.308. The molecule has 2 aromatic carbocycles. The van der Waals surface area contributed by atoms with Crippen molar-refractivity contribution >= 4 is 10.1 Å². The maximum absolute atomic E-state index is 12.0. The van der Waals surface area contributed by atoms with Crippen molar-refractivity contribution in [1.82, 2.24) is 0 Å². The van der Waals surface area contributed by atoms with E-state index in [9.17, 15) is 8.42 Å². The SMILES string of the molecule is CCOc1ccc(S(=O)(=O)OCc2ccccc2)cc1. The summed E-state index contributed by atoms with van der Waals surface area (Å²) in [4.78, 5) is 0.122. The summed E-state index contributed by atoms with van der Waals surface area (Å²) in [6.07, 6.45) is 0. The van der Waals surface area contributed by atoms with Gasteiger partial charge in [0.15, 0.2) is 0 Å². The molecule has 0 heterocycles. The van der Waals surface area contributed by atoms with Crippen LogP contribution in [0.5, 0.6) is 5.75 Å². The van der Waals surface area contributed by atoms with Crippen molar-refractivity contribution in [2.75, 3.05) is 6.61 Å². The Morgan fingerprint density at radius 2 is 1.60 bits per heavy atom. The molecule has 0 bridgehead atoms. The number of benzene rings is 2. The summed E-state index contributed by atoms with van der Waals surface area (Å²) in [6, 6.07) is 15.3. The Kier molecular flexibility index (Phi) is 4.76. The van der Waals surface area contributed by atoms with Gasteiger partial charge in [-0.2, -0.15) is 8.42 Å². The first-order valence-electron chi connectivity index (χ1n) is 6.28. The van der Waals surface area contributed by atoms with Crippen molar-refractivity contribution in [2.45, 2.75) is 18.4 Å². The zero-order chi connectivity index (χ0) is 14.4. The monoisotopic (exact) mass is 292 g/mol. The molecule has 0 spiro atoms. The molecule has 0 aliphatic rings. The van der Waals surface area contributed by atoms with Crippen LogP contribution in [0.25, 0.3) is 0 Å². The summed E-state index contributed by atoms with van der Waals surface area (Å²) >= 11 is 0. The summed E-state index contributed by atoms with van der Waals surface area (Å²) < 4.78 is 34.3. The highest BCUT2D eigenvalue weighted by Crippen LogP contribution is 2.18. The maximum atomic E-state index is 12.0. The Labute approximate surface area is 119 Å². The fourth-order valence-corrected chi connectivity index (χ4v) is 2.55. The second kappa shape index (κ2) is 6.54. The smallest absolute Gasteiger partial charge is 0.297 e. The second-order valence-corrected chi connectivity index (χ2v) is 5.72. The molecule has 0 amide bonds. The van der Waals surface area contributed by atoms with Crippen molar-refractivity contribution in [3.05, 3.63) is 60.2 Å². The Morgan fingerprint density at radius 3 is 2.20 bits per heavy atom. The second-order valence-electron chi connectivity index (χ2n) is 4.11. The number of hydrogen-bond acceptors (Lipinski definition) is 4. The molecule has 5 heteroatoms. The minimum Gasteiger partial charge on any atom is -0.494 e. The lowest BCUT2D eigenvalue weighted by atomic mass is 10.2. The van der Waals surface area contributed by atoms with Gasteiger partial charge in [-0.3, -0.25) is 4.18 Å². The topological polar surface area (TPSA) is 52.6 Å². The van der Waals surface area contributed by atoms with E-state index in [4.69, 9.17) is 8.92 Å². The van der Waals surface area contributed by atoms with E-state index in [1.54, 1.807) is 12.1 Å². The first kappa shape index (κ1) is 14.6. The quantitative estimate of drug-likeness (QED) is 0.768. The van der Waals surface area contributed by atoms with E-state index in [1.165, 1.54) is 12.1 Å². The molecular formula is C15H16O4S. The van der Waals surface area contributed by atoms with Crippen LogP contribution in [-0.4, -0.2) is 15.0 Å². The molecular weight excluding hydrogens is 276 g/mol. The standard InChI is InChI=1S/C15H16O4S/c1-2-18-14-8-10-15(11-9-14)20(16,17)19-12-13-6-4-3-5-7-13/h3-11H,2,12H2,1H3. The highest BCUT2D eigenvalue weighted by Gasteiger charge is 2.15. The Balaban J connectivity index is 2.06. The van der Waals surface area contributed by atoms with E-state index in [0.29, 0.717) is 12.4 Å². The van der Waals surface area contributed by atoms with Gasteiger partial charge in [0, 0.05) is 0 Å². The van der Waals surface area contributed by atoms with Gasteiger partial charge < -0.3 is 4.74 Å². The van der Waals surface area contributed by atoms with Crippen LogP contribution in [0, 0.1) is 0 Å². The summed E-state index contributed by atoms with van der Waals surface area (Å²) in [5.74, 6) is 0.634. The van der Waals surface area contributed by atoms with Gasteiger partial charge in [0.05, 0.1) is 18.1 Å². The molecule has 4 nitrogen and oxygen atoms in total. The Bertz CT molecular complexity index is 633. The molecule has 0 aliphatic carbocycles. The molecule has 2 aromatic rings. The summed E-state index contributed by atoms with van der Waals surface area (Å²) in [7, 11) is -3.75. The maximum Gasteiger partial charge on any atom is 0.297 e. The largest absolute Gasteiger partial charge is 0.494 e. The number of hydrogen-bond donors (Lipinski definition) is 0. The molecule has 0 aromatic heterocycles. The van der Waals surface area contributed by atoms with Gasteiger partial charge in [-0.1, -0.05) is 30.3 Å². The number of rotatable bonds is 6. The highest BCUT2D eigenvalue weighted by atomic mass is 32.2. The first-order valence-corrected chi connectivity index (χ1v) is 7.69. The van der Waals surface area contributed by atoms with Gasteiger partial charge in [0.1, 0.15) is 5.75 Å². The van der Waals surface area contributed by atoms with E-state index in [2.05, 4.69) is 0 Å². The van der Waals surface area contributed by atoms with Gasteiger partial charge >= 0.3 is 0 Å². The molecule has 0 unspecified atom stereocenters. The predicted molar refractivity (Wildman–Crippen MR) is 76.0 cm³/mol. The predicted octanol–water partition coefficient (Wildman–Crippen LogP) is 2.99. The van der Waals surface area contributed by atoms with Gasteiger partial charge in [0.2, 0.25) is 0 Å². The Hall–Kier alpha value is -1.85. The average Bonchev–Trinajstić information content (AvgIpc) is 2.47. The van der Waals surface area contributed by atoms with E-state index >= 15 is 0 Å². The molecule has 0 saturated carbocycles. The summed E-state index contributed by atoms with van der Waals surface area (Å²) in [6.45, 7) is 2.43. The van der Waals surface area contributed by atoms with Gasteiger partial charge in [0.25, 0.3) is 10.1 Å². The van der Waals surface area contributed by atoms with Crippen LogP contribution in [0.2, 0.25) is 0 Å². The molecule has 0 radical (unpaired) electrons. The third-order valence-electron chi connectivity index (χ3n) is 2.65. The van der Waals surface area contributed by atoms with E-state index in [-0.39, 0.29) is 11.5 Å². The summed E-state index contributed by atoms with van der Waals surface area (Å²) in [5, 5.41) is 0. The molecule has 0 atom stereocenters. The molecule has 2 rings (SSSR count). The number of ether oxygens (including phenoxy) is 1. The molecule has 0 fully saturated rings. The highest BCUT2D eigenvalue weighted by molar-refractivity contribution is 7.86. The van der Waals surface area contributed by atoms with Crippen LogP contribution < -0.4 is 4.74 Å². The zero-order valence-corrected chi connectivity index (χ0v) is 12.0. The minimum absolute atomic E-state index is 0.0242. The Morgan fingerprint density at radius 1 is 0.950 bits per heavy atom. The van der Waals surface area contributed by atoms with Crippen molar-refractivity contribution in [3.63, 3.8) is 0 Å². The van der Waals surface area contributed by atoms with Crippen LogP contribution >= 0.6 is 0 Å². The molecule has 0 saturated heterocycles. The molecule has 0 N–H and O–H groups in total. The average molecular weight is 292 g/mol.